The van der Waals surface area contributed by atoms with Crippen molar-refractivity contribution in [1.82, 2.24) is 35.3 Å². The van der Waals surface area contributed by atoms with Crippen molar-refractivity contribution in [3.8, 4) is 23.2 Å². The molecule has 0 fully saturated rings. The van der Waals surface area contributed by atoms with Gasteiger partial charge in [-0.1, -0.05) is 0 Å². The van der Waals surface area contributed by atoms with Crippen LogP contribution in [0, 0.1) is 0 Å². The molecule has 3 aromatic rings. The van der Waals surface area contributed by atoms with E-state index >= 15 is 0 Å². The van der Waals surface area contributed by atoms with Crippen molar-refractivity contribution < 1.29 is 4.79 Å². The second-order valence-electron chi connectivity index (χ2n) is 4.87. The summed E-state index contributed by atoms with van der Waals surface area (Å²) in [6.07, 6.45) is 5.72. The van der Waals surface area contributed by atoms with E-state index in [1.807, 2.05) is 0 Å². The number of carbonyl (C=O) groups excluding carboxylic acids is 1. The maximum absolute atomic E-state index is 11.9. The zero-order chi connectivity index (χ0) is 16.8. The zero-order valence-electron chi connectivity index (χ0n) is 12.7. The molecule has 0 aromatic carbocycles. The number of Topliss-reactive ketones (excluding diaryl/α,β-unsaturated/α-hetero) is 1. The Labute approximate surface area is 137 Å². The number of ketones is 1. The van der Waals surface area contributed by atoms with Gasteiger partial charge in [0.1, 0.15) is 5.69 Å². The smallest absolute Gasteiger partial charge is 0.240 e. The number of hydrogen-bond donors (Lipinski definition) is 1. The average Bonchev–Trinajstić information content (AvgIpc) is 2.67. The number of rotatable bonds is 6. The highest BCUT2D eigenvalue weighted by Crippen LogP contribution is 2.13. The summed E-state index contributed by atoms with van der Waals surface area (Å²) in [7, 11) is 0. The molecule has 0 saturated carbocycles. The zero-order valence-corrected chi connectivity index (χ0v) is 12.7. The van der Waals surface area contributed by atoms with Gasteiger partial charge < -0.3 is 5.73 Å². The van der Waals surface area contributed by atoms with Crippen LogP contribution in [-0.4, -0.2) is 47.7 Å². The van der Waals surface area contributed by atoms with Crippen LogP contribution in [-0.2, 0) is 0 Å². The van der Waals surface area contributed by atoms with E-state index < -0.39 is 0 Å². The van der Waals surface area contributed by atoms with Gasteiger partial charge in [0.25, 0.3) is 0 Å². The first-order valence-corrected chi connectivity index (χ1v) is 7.32. The van der Waals surface area contributed by atoms with E-state index in [-0.39, 0.29) is 17.4 Å². The quantitative estimate of drug-likeness (QED) is 0.651. The monoisotopic (exact) mass is 322 g/mol. The van der Waals surface area contributed by atoms with Crippen LogP contribution < -0.4 is 5.73 Å². The lowest BCUT2D eigenvalue weighted by Gasteiger charge is -2.02. The minimum Gasteiger partial charge on any atom is -0.330 e. The molecule has 0 aliphatic carbocycles. The van der Waals surface area contributed by atoms with Crippen molar-refractivity contribution in [3.05, 3.63) is 42.4 Å². The third-order valence-corrected chi connectivity index (χ3v) is 3.17. The van der Waals surface area contributed by atoms with Gasteiger partial charge >= 0.3 is 0 Å². The molecule has 2 N–H and O–H groups in total. The van der Waals surface area contributed by atoms with Gasteiger partial charge in [-0.2, -0.15) is 0 Å². The third kappa shape index (κ3) is 3.58. The van der Waals surface area contributed by atoms with Gasteiger partial charge in [0, 0.05) is 30.6 Å². The largest absolute Gasteiger partial charge is 0.330 e. The molecular formula is C15H14N8O. The topological polar surface area (TPSA) is 133 Å². The summed E-state index contributed by atoms with van der Waals surface area (Å²) in [6.45, 7) is 0.486. The van der Waals surface area contributed by atoms with Gasteiger partial charge in [-0.05, 0) is 31.2 Å². The lowest BCUT2D eigenvalue weighted by Crippen LogP contribution is -2.06. The Morgan fingerprint density at radius 3 is 2.25 bits per heavy atom. The fourth-order valence-corrected chi connectivity index (χ4v) is 1.93. The van der Waals surface area contributed by atoms with Crippen LogP contribution in [0.3, 0.4) is 0 Å². The Morgan fingerprint density at radius 2 is 1.62 bits per heavy atom. The van der Waals surface area contributed by atoms with Crippen LogP contribution in [0.1, 0.15) is 23.2 Å². The maximum Gasteiger partial charge on any atom is 0.240 e. The molecule has 0 unspecified atom stereocenters. The van der Waals surface area contributed by atoms with Crippen molar-refractivity contribution in [2.24, 2.45) is 5.73 Å². The van der Waals surface area contributed by atoms with E-state index in [4.69, 9.17) is 5.73 Å². The molecule has 0 aliphatic rings. The SMILES string of the molecule is NCCCC(=O)c1ccc(-c2nnc(-c3ncccn3)nn2)nc1. The Bertz CT molecular complexity index is 805. The predicted molar refractivity (Wildman–Crippen MR) is 84.5 cm³/mol. The van der Waals surface area contributed by atoms with Crippen molar-refractivity contribution in [1.29, 1.82) is 0 Å². The third-order valence-electron chi connectivity index (χ3n) is 3.17. The van der Waals surface area contributed by atoms with Crippen LogP contribution in [0.15, 0.2) is 36.8 Å². The first kappa shape index (κ1) is 15.7. The maximum atomic E-state index is 11.9. The predicted octanol–water partition coefficient (Wildman–Crippen LogP) is 0.707. The second-order valence-corrected chi connectivity index (χ2v) is 4.87. The first-order valence-electron chi connectivity index (χ1n) is 7.32. The summed E-state index contributed by atoms with van der Waals surface area (Å²) in [6, 6.07) is 5.03. The summed E-state index contributed by atoms with van der Waals surface area (Å²) in [5.74, 6) is 0.842. The van der Waals surface area contributed by atoms with E-state index in [0.717, 1.165) is 0 Å². The first-order chi connectivity index (χ1) is 11.8. The molecule has 9 heteroatoms. The standard InChI is InChI=1S/C15H14N8O/c16-6-1-3-12(24)10-4-5-11(19-9-10)13-20-22-15(23-21-13)14-17-7-2-8-18-14/h2,4-5,7-9H,1,3,6,16H2. The number of pyridine rings is 1. The average molecular weight is 322 g/mol. The number of nitrogens with two attached hydrogens (primary N) is 1. The summed E-state index contributed by atoms with van der Waals surface area (Å²) < 4.78 is 0. The van der Waals surface area contributed by atoms with E-state index in [1.54, 1.807) is 30.6 Å². The van der Waals surface area contributed by atoms with Crippen molar-refractivity contribution in [2.45, 2.75) is 12.8 Å². The van der Waals surface area contributed by atoms with Crippen LogP contribution in [0.4, 0.5) is 0 Å². The van der Waals surface area contributed by atoms with Crippen molar-refractivity contribution in [2.75, 3.05) is 6.54 Å². The molecule has 9 nitrogen and oxygen atoms in total. The Morgan fingerprint density at radius 1 is 0.917 bits per heavy atom. The summed E-state index contributed by atoms with van der Waals surface area (Å²) in [5.41, 5.74) is 6.41. The van der Waals surface area contributed by atoms with Crippen LogP contribution in [0.5, 0.6) is 0 Å². The summed E-state index contributed by atoms with van der Waals surface area (Å²) in [4.78, 5) is 24.1. The summed E-state index contributed by atoms with van der Waals surface area (Å²) in [5, 5.41) is 15.9. The van der Waals surface area contributed by atoms with E-state index in [2.05, 4.69) is 35.3 Å². The van der Waals surface area contributed by atoms with Gasteiger partial charge in [0.2, 0.25) is 17.5 Å². The number of carbonyl (C=O) groups is 1. The molecule has 120 valence electrons. The minimum absolute atomic E-state index is 0.00763. The van der Waals surface area contributed by atoms with Gasteiger partial charge in [0.05, 0.1) is 0 Å². The van der Waals surface area contributed by atoms with E-state index in [9.17, 15) is 4.79 Å². The molecule has 0 atom stereocenters. The molecule has 3 aromatic heterocycles. The van der Waals surface area contributed by atoms with Gasteiger partial charge in [-0.3, -0.25) is 9.78 Å². The normalized spacial score (nSPS) is 10.5. The fraction of sp³-hybridized carbons (Fsp3) is 0.200. The summed E-state index contributed by atoms with van der Waals surface area (Å²) >= 11 is 0. The van der Waals surface area contributed by atoms with Crippen molar-refractivity contribution in [3.63, 3.8) is 0 Å². The van der Waals surface area contributed by atoms with E-state index in [0.29, 0.717) is 36.5 Å². The minimum atomic E-state index is 0.00763. The molecule has 24 heavy (non-hydrogen) atoms. The number of nitrogens with zero attached hydrogens (tertiary/aromatic N) is 7. The Hall–Kier alpha value is -3.20. The fourth-order valence-electron chi connectivity index (χ4n) is 1.93. The Balaban J connectivity index is 1.76. The molecule has 3 rings (SSSR count). The van der Waals surface area contributed by atoms with Crippen LogP contribution in [0.25, 0.3) is 23.2 Å². The second kappa shape index (κ2) is 7.38. The highest BCUT2D eigenvalue weighted by atomic mass is 16.1. The van der Waals surface area contributed by atoms with Crippen LogP contribution in [0.2, 0.25) is 0 Å². The van der Waals surface area contributed by atoms with Crippen LogP contribution >= 0.6 is 0 Å². The molecule has 3 heterocycles. The molecule has 0 aliphatic heterocycles. The molecule has 0 saturated heterocycles. The van der Waals surface area contributed by atoms with Crippen molar-refractivity contribution >= 4 is 5.78 Å². The molecule has 0 amide bonds. The molecule has 0 bridgehead atoms. The number of hydrogen-bond acceptors (Lipinski definition) is 9. The van der Waals surface area contributed by atoms with E-state index in [1.165, 1.54) is 6.20 Å². The lowest BCUT2D eigenvalue weighted by atomic mass is 10.1. The number of aromatic nitrogens is 7. The lowest BCUT2D eigenvalue weighted by molar-refractivity contribution is 0.0980. The highest BCUT2D eigenvalue weighted by molar-refractivity contribution is 5.95. The Kier molecular flexibility index (Phi) is 4.82. The molecule has 0 spiro atoms. The highest BCUT2D eigenvalue weighted by Gasteiger charge is 2.11. The van der Waals surface area contributed by atoms with Gasteiger partial charge in [0.15, 0.2) is 5.78 Å². The van der Waals surface area contributed by atoms with Gasteiger partial charge in [-0.15, -0.1) is 20.4 Å². The van der Waals surface area contributed by atoms with Gasteiger partial charge in [-0.25, -0.2) is 9.97 Å². The molecule has 0 radical (unpaired) electrons. The molecular weight excluding hydrogens is 308 g/mol.